The first-order chi connectivity index (χ1) is 13.4. The van der Waals surface area contributed by atoms with Crippen molar-refractivity contribution < 1.29 is 23.8 Å². The Bertz CT molecular complexity index is 1130. The van der Waals surface area contributed by atoms with Gasteiger partial charge in [0.15, 0.2) is 11.3 Å². The molecule has 9 heteroatoms. The molecular formula is C19H15ClN2O6. The summed E-state index contributed by atoms with van der Waals surface area (Å²) in [5.41, 5.74) is 3.10. The van der Waals surface area contributed by atoms with Gasteiger partial charge in [0.05, 0.1) is 12.2 Å². The minimum Gasteiger partial charge on any atom is -0.507 e. The van der Waals surface area contributed by atoms with Crippen LogP contribution in [0.4, 0.5) is 0 Å². The van der Waals surface area contributed by atoms with Crippen LogP contribution in [0, 0.1) is 0 Å². The Morgan fingerprint density at radius 2 is 1.82 bits per heavy atom. The van der Waals surface area contributed by atoms with Crippen LogP contribution < -0.4 is 21.2 Å². The van der Waals surface area contributed by atoms with Crippen molar-refractivity contribution in [2.75, 3.05) is 6.61 Å². The predicted molar refractivity (Wildman–Crippen MR) is 102 cm³/mol. The fourth-order valence-electron chi connectivity index (χ4n) is 2.48. The number of phenols is 1. The number of phenolic OH excluding ortho intramolecular Hbond substituents is 1. The van der Waals surface area contributed by atoms with Crippen molar-refractivity contribution in [3.8, 4) is 11.5 Å². The van der Waals surface area contributed by atoms with E-state index in [1.54, 1.807) is 25.1 Å². The topological polar surface area (TPSA) is 118 Å². The molecule has 8 nitrogen and oxygen atoms in total. The molecule has 1 aromatic heterocycles. The molecule has 0 unspecified atom stereocenters. The van der Waals surface area contributed by atoms with Gasteiger partial charge in [0.2, 0.25) is 0 Å². The molecule has 0 bridgehead atoms. The smallest absolute Gasteiger partial charge is 0.349 e. The lowest BCUT2D eigenvalue weighted by Gasteiger charge is -2.09. The van der Waals surface area contributed by atoms with E-state index in [0.29, 0.717) is 17.7 Å². The van der Waals surface area contributed by atoms with Gasteiger partial charge in [-0.05, 0) is 37.3 Å². The molecule has 0 saturated heterocycles. The molecular weight excluding hydrogens is 388 g/mol. The van der Waals surface area contributed by atoms with Gasteiger partial charge in [0, 0.05) is 10.4 Å². The highest BCUT2D eigenvalue weighted by Crippen LogP contribution is 2.25. The molecule has 0 fully saturated rings. The van der Waals surface area contributed by atoms with Crippen LogP contribution in [-0.4, -0.2) is 23.5 Å². The first kappa shape index (κ1) is 19.2. The highest BCUT2D eigenvalue weighted by molar-refractivity contribution is 6.31. The van der Waals surface area contributed by atoms with E-state index in [1.165, 1.54) is 24.3 Å². The van der Waals surface area contributed by atoms with Crippen LogP contribution in [0.5, 0.6) is 11.5 Å². The highest BCUT2D eigenvalue weighted by atomic mass is 35.5. The lowest BCUT2D eigenvalue weighted by Crippen LogP contribution is -2.43. The molecule has 144 valence electrons. The second-order valence-corrected chi connectivity index (χ2v) is 6.06. The average Bonchev–Trinajstić information content (AvgIpc) is 2.68. The summed E-state index contributed by atoms with van der Waals surface area (Å²) in [6.45, 7) is 2.17. The lowest BCUT2D eigenvalue weighted by atomic mass is 10.1. The average molecular weight is 403 g/mol. The fourth-order valence-corrected chi connectivity index (χ4v) is 2.66. The number of benzene rings is 2. The maximum Gasteiger partial charge on any atom is 0.349 e. The van der Waals surface area contributed by atoms with E-state index < -0.39 is 17.4 Å². The number of halogens is 1. The van der Waals surface area contributed by atoms with Crippen LogP contribution in [0.3, 0.4) is 0 Å². The summed E-state index contributed by atoms with van der Waals surface area (Å²) in [6, 6.07) is 10.2. The van der Waals surface area contributed by atoms with Gasteiger partial charge in [-0.1, -0.05) is 23.7 Å². The molecule has 0 saturated carbocycles. The Morgan fingerprint density at radius 1 is 1.11 bits per heavy atom. The van der Waals surface area contributed by atoms with Gasteiger partial charge in [-0.3, -0.25) is 20.4 Å². The summed E-state index contributed by atoms with van der Waals surface area (Å²) in [5.74, 6) is -1.62. The Balaban J connectivity index is 1.82. The van der Waals surface area contributed by atoms with Gasteiger partial charge in [-0.15, -0.1) is 0 Å². The van der Waals surface area contributed by atoms with E-state index in [1.807, 2.05) is 0 Å². The van der Waals surface area contributed by atoms with Crippen molar-refractivity contribution in [3.05, 3.63) is 69.0 Å². The number of hydrazine groups is 1. The fraction of sp³-hybridized carbons (Fsp3) is 0.105. The number of aromatic hydroxyl groups is 1. The van der Waals surface area contributed by atoms with Crippen LogP contribution in [0.2, 0.25) is 5.02 Å². The number of carbonyl (C=O) groups is 2. The third-order valence-corrected chi connectivity index (χ3v) is 4.00. The van der Waals surface area contributed by atoms with Gasteiger partial charge < -0.3 is 14.3 Å². The first-order valence-electron chi connectivity index (χ1n) is 8.19. The quantitative estimate of drug-likeness (QED) is 0.456. The van der Waals surface area contributed by atoms with Gasteiger partial charge in [-0.2, -0.15) is 0 Å². The van der Waals surface area contributed by atoms with Crippen LogP contribution >= 0.6 is 11.6 Å². The summed E-state index contributed by atoms with van der Waals surface area (Å²) >= 11 is 5.79. The standard InChI is InChI=1S/C19H15ClN2O6/c1-2-27-15-5-3-4-10-8-13(19(26)28-16(10)15)18(25)22-21-17(24)12-9-11(20)6-7-14(12)23/h3-9,23H,2H2,1H3,(H,21,24)(H,22,25). The van der Waals surface area contributed by atoms with Crippen molar-refractivity contribution in [1.29, 1.82) is 0 Å². The molecule has 2 aromatic carbocycles. The van der Waals surface area contributed by atoms with Crippen molar-refractivity contribution in [3.63, 3.8) is 0 Å². The van der Waals surface area contributed by atoms with Gasteiger partial charge in [0.1, 0.15) is 11.3 Å². The van der Waals surface area contributed by atoms with Crippen LogP contribution in [0.25, 0.3) is 11.0 Å². The number of fused-ring (bicyclic) bond motifs is 1. The number of hydrogen-bond donors (Lipinski definition) is 3. The molecule has 3 aromatic rings. The lowest BCUT2D eigenvalue weighted by molar-refractivity contribution is 0.0843. The van der Waals surface area contributed by atoms with Gasteiger partial charge in [-0.25, -0.2) is 4.79 Å². The summed E-state index contributed by atoms with van der Waals surface area (Å²) in [4.78, 5) is 36.6. The largest absolute Gasteiger partial charge is 0.507 e. The molecule has 0 aliphatic carbocycles. The number of para-hydroxylation sites is 1. The summed E-state index contributed by atoms with van der Waals surface area (Å²) in [7, 11) is 0. The van der Waals surface area contributed by atoms with Crippen LogP contribution in [0.1, 0.15) is 27.6 Å². The van der Waals surface area contributed by atoms with Crippen molar-refractivity contribution >= 4 is 34.4 Å². The van der Waals surface area contributed by atoms with E-state index in [-0.39, 0.29) is 27.5 Å². The number of ether oxygens (including phenoxy) is 1. The second kappa shape index (κ2) is 8.01. The molecule has 0 radical (unpaired) electrons. The van der Waals surface area contributed by atoms with E-state index >= 15 is 0 Å². The maximum absolute atomic E-state index is 12.3. The molecule has 0 spiro atoms. The molecule has 0 atom stereocenters. The van der Waals surface area contributed by atoms with Crippen LogP contribution in [0.15, 0.2) is 51.7 Å². The molecule has 1 heterocycles. The molecule has 28 heavy (non-hydrogen) atoms. The number of carbonyl (C=O) groups excluding carboxylic acids is 2. The summed E-state index contributed by atoms with van der Waals surface area (Å²) < 4.78 is 10.6. The molecule has 0 aliphatic rings. The third kappa shape index (κ3) is 3.91. The van der Waals surface area contributed by atoms with E-state index in [9.17, 15) is 19.5 Å². The van der Waals surface area contributed by atoms with Crippen LogP contribution in [-0.2, 0) is 0 Å². The normalized spacial score (nSPS) is 10.5. The minimum atomic E-state index is -0.892. The second-order valence-electron chi connectivity index (χ2n) is 5.62. The Labute approximate surface area is 163 Å². The zero-order valence-electron chi connectivity index (χ0n) is 14.6. The molecule has 3 N–H and O–H groups in total. The first-order valence-corrected chi connectivity index (χ1v) is 8.57. The predicted octanol–water partition coefficient (Wildman–Crippen LogP) is 2.63. The third-order valence-electron chi connectivity index (χ3n) is 3.76. The maximum atomic E-state index is 12.3. The zero-order chi connectivity index (χ0) is 20.3. The highest BCUT2D eigenvalue weighted by Gasteiger charge is 2.18. The molecule has 2 amide bonds. The zero-order valence-corrected chi connectivity index (χ0v) is 15.4. The Kier molecular flexibility index (Phi) is 5.51. The summed E-state index contributed by atoms with van der Waals surface area (Å²) in [6.07, 6.45) is 0. The van der Waals surface area contributed by atoms with E-state index in [2.05, 4.69) is 10.9 Å². The number of rotatable bonds is 4. The summed E-state index contributed by atoms with van der Waals surface area (Å²) in [5, 5.41) is 10.4. The Morgan fingerprint density at radius 3 is 2.54 bits per heavy atom. The van der Waals surface area contributed by atoms with Gasteiger partial charge >= 0.3 is 5.63 Å². The van der Waals surface area contributed by atoms with Crippen molar-refractivity contribution in [2.24, 2.45) is 0 Å². The molecule has 0 aliphatic heterocycles. The number of amides is 2. The van der Waals surface area contributed by atoms with E-state index in [4.69, 9.17) is 20.8 Å². The monoisotopic (exact) mass is 402 g/mol. The molecule has 3 rings (SSSR count). The Hall–Kier alpha value is -3.52. The van der Waals surface area contributed by atoms with Crippen molar-refractivity contribution in [1.82, 2.24) is 10.9 Å². The number of nitrogens with one attached hydrogen (secondary N) is 2. The minimum absolute atomic E-state index is 0.139. The van der Waals surface area contributed by atoms with Gasteiger partial charge in [0.25, 0.3) is 11.8 Å². The number of hydrogen-bond acceptors (Lipinski definition) is 6. The SMILES string of the molecule is CCOc1cccc2cc(C(=O)NNC(=O)c3cc(Cl)ccc3O)c(=O)oc12. The van der Waals surface area contributed by atoms with E-state index in [0.717, 1.165) is 0 Å². The van der Waals surface area contributed by atoms with Crippen molar-refractivity contribution in [2.45, 2.75) is 6.92 Å².